The Labute approximate surface area is 155 Å². The van der Waals surface area contributed by atoms with Crippen LogP contribution in [-0.4, -0.2) is 46.9 Å². The van der Waals surface area contributed by atoms with Crippen molar-refractivity contribution in [3.05, 3.63) is 0 Å². The molecule has 2 amide bonds. The van der Waals surface area contributed by atoms with Gasteiger partial charge in [0.1, 0.15) is 0 Å². The summed E-state index contributed by atoms with van der Waals surface area (Å²) >= 11 is 0. The molecule has 0 aromatic carbocycles. The van der Waals surface area contributed by atoms with E-state index in [0.717, 1.165) is 25.7 Å². The summed E-state index contributed by atoms with van der Waals surface area (Å²) in [6, 6.07) is 0.192. The predicted octanol–water partition coefficient (Wildman–Crippen LogP) is 2.42. The topological polar surface area (TPSA) is 86.7 Å². The van der Waals surface area contributed by atoms with Crippen molar-refractivity contribution in [3.63, 3.8) is 0 Å². The molecule has 146 valence electrons. The van der Waals surface area contributed by atoms with Crippen molar-refractivity contribution < 1.29 is 19.5 Å². The van der Waals surface area contributed by atoms with Crippen molar-refractivity contribution in [1.29, 1.82) is 0 Å². The molecule has 1 aliphatic heterocycles. The molecule has 0 bridgehead atoms. The fourth-order valence-electron chi connectivity index (χ4n) is 4.97. The second kappa shape index (κ2) is 8.40. The molecule has 6 nitrogen and oxygen atoms in total. The maximum Gasteiger partial charge on any atom is 0.308 e. The number of carbonyl (C=O) groups is 3. The minimum absolute atomic E-state index is 0.0160. The van der Waals surface area contributed by atoms with E-state index in [-0.39, 0.29) is 29.7 Å². The number of hydrogen-bond acceptors (Lipinski definition) is 3. The molecule has 3 fully saturated rings. The molecule has 0 aromatic rings. The zero-order valence-corrected chi connectivity index (χ0v) is 15.8. The van der Waals surface area contributed by atoms with E-state index in [2.05, 4.69) is 5.32 Å². The van der Waals surface area contributed by atoms with Crippen molar-refractivity contribution in [2.75, 3.05) is 13.1 Å². The van der Waals surface area contributed by atoms with Crippen LogP contribution in [0.15, 0.2) is 0 Å². The summed E-state index contributed by atoms with van der Waals surface area (Å²) in [5.74, 6) is -0.403. The van der Waals surface area contributed by atoms with Crippen LogP contribution in [0.3, 0.4) is 0 Å². The zero-order chi connectivity index (χ0) is 18.7. The minimum Gasteiger partial charge on any atom is -0.481 e. The molecule has 6 heteroatoms. The van der Waals surface area contributed by atoms with Crippen molar-refractivity contribution in [1.82, 2.24) is 10.2 Å². The molecule has 3 rings (SSSR count). The van der Waals surface area contributed by atoms with Crippen LogP contribution in [0, 0.1) is 23.7 Å². The number of aliphatic carboxylic acids is 1. The van der Waals surface area contributed by atoms with Crippen LogP contribution in [0.4, 0.5) is 0 Å². The van der Waals surface area contributed by atoms with Crippen LogP contribution in [0.1, 0.15) is 64.7 Å². The number of carboxylic acids is 1. The fourth-order valence-corrected chi connectivity index (χ4v) is 4.97. The number of amides is 2. The van der Waals surface area contributed by atoms with E-state index < -0.39 is 11.9 Å². The van der Waals surface area contributed by atoms with E-state index in [1.54, 1.807) is 4.90 Å². The number of hydrogen-bond donors (Lipinski definition) is 2. The van der Waals surface area contributed by atoms with Crippen LogP contribution in [0.5, 0.6) is 0 Å². The molecule has 0 radical (unpaired) electrons. The van der Waals surface area contributed by atoms with Gasteiger partial charge in [-0.05, 0) is 50.4 Å². The van der Waals surface area contributed by atoms with Gasteiger partial charge >= 0.3 is 5.97 Å². The molecule has 2 aliphatic carbocycles. The quantitative estimate of drug-likeness (QED) is 0.784. The lowest BCUT2D eigenvalue weighted by atomic mass is 9.85. The van der Waals surface area contributed by atoms with Crippen LogP contribution in [-0.2, 0) is 14.4 Å². The van der Waals surface area contributed by atoms with Gasteiger partial charge < -0.3 is 15.3 Å². The first-order valence-corrected chi connectivity index (χ1v) is 10.2. The van der Waals surface area contributed by atoms with E-state index in [1.807, 2.05) is 6.92 Å². The summed E-state index contributed by atoms with van der Waals surface area (Å²) in [5, 5.41) is 12.4. The third kappa shape index (κ3) is 4.57. The smallest absolute Gasteiger partial charge is 0.308 e. The van der Waals surface area contributed by atoms with Gasteiger partial charge in [0, 0.05) is 31.5 Å². The molecule has 2 atom stereocenters. The van der Waals surface area contributed by atoms with Crippen LogP contribution >= 0.6 is 0 Å². The summed E-state index contributed by atoms with van der Waals surface area (Å²) in [4.78, 5) is 37.9. The molecule has 3 aliphatic rings. The Balaban J connectivity index is 1.41. The number of carbonyl (C=O) groups excluding carboxylic acids is 2. The highest BCUT2D eigenvalue weighted by atomic mass is 16.4. The lowest BCUT2D eigenvalue weighted by Gasteiger charge is -2.31. The van der Waals surface area contributed by atoms with Gasteiger partial charge in [-0.25, -0.2) is 0 Å². The molecule has 0 aromatic heterocycles. The van der Waals surface area contributed by atoms with Gasteiger partial charge in [0.2, 0.25) is 11.8 Å². The SMILES string of the molecule is C[C@@H]1CN(C(=O)C2CCC(NC(=O)CC3CCCC3)CC2)C[C@H]1C(=O)O. The van der Waals surface area contributed by atoms with Crippen LogP contribution < -0.4 is 5.32 Å². The highest BCUT2D eigenvalue weighted by Gasteiger charge is 2.39. The number of rotatable bonds is 5. The largest absolute Gasteiger partial charge is 0.481 e. The normalized spacial score (nSPS) is 32.6. The highest BCUT2D eigenvalue weighted by molar-refractivity contribution is 5.81. The Hall–Kier alpha value is -1.59. The van der Waals surface area contributed by atoms with Gasteiger partial charge in [-0.1, -0.05) is 19.8 Å². The Morgan fingerprint density at radius 1 is 1.00 bits per heavy atom. The zero-order valence-electron chi connectivity index (χ0n) is 15.8. The second-order valence-electron chi connectivity index (χ2n) is 8.64. The van der Waals surface area contributed by atoms with Gasteiger partial charge in [0.15, 0.2) is 0 Å². The Morgan fingerprint density at radius 2 is 1.65 bits per heavy atom. The molecule has 1 saturated heterocycles. The lowest BCUT2D eigenvalue weighted by Crippen LogP contribution is -2.42. The molecule has 26 heavy (non-hydrogen) atoms. The molecule has 0 unspecified atom stereocenters. The molecular formula is C20H32N2O4. The first-order chi connectivity index (χ1) is 12.4. The fraction of sp³-hybridized carbons (Fsp3) is 0.850. The van der Waals surface area contributed by atoms with Gasteiger partial charge in [0.25, 0.3) is 0 Å². The van der Waals surface area contributed by atoms with Crippen molar-refractivity contribution >= 4 is 17.8 Å². The Kier molecular flexibility index (Phi) is 6.20. The monoisotopic (exact) mass is 364 g/mol. The highest BCUT2D eigenvalue weighted by Crippen LogP contribution is 2.31. The van der Waals surface area contributed by atoms with Crippen molar-refractivity contribution in [2.45, 2.75) is 70.8 Å². The van der Waals surface area contributed by atoms with Crippen LogP contribution in [0.2, 0.25) is 0 Å². The Morgan fingerprint density at radius 3 is 2.23 bits per heavy atom. The molecular weight excluding hydrogens is 332 g/mol. The van der Waals surface area contributed by atoms with E-state index >= 15 is 0 Å². The number of nitrogens with one attached hydrogen (secondary N) is 1. The maximum atomic E-state index is 12.7. The number of carboxylic acid groups (broad SMARTS) is 1. The summed E-state index contributed by atoms with van der Waals surface area (Å²) in [6.07, 6.45) is 8.79. The summed E-state index contributed by atoms with van der Waals surface area (Å²) < 4.78 is 0. The minimum atomic E-state index is -0.804. The van der Waals surface area contributed by atoms with Crippen LogP contribution in [0.25, 0.3) is 0 Å². The third-order valence-corrected chi connectivity index (χ3v) is 6.63. The molecule has 2 saturated carbocycles. The van der Waals surface area contributed by atoms with E-state index in [4.69, 9.17) is 0 Å². The number of nitrogens with zero attached hydrogens (tertiary/aromatic N) is 1. The lowest BCUT2D eigenvalue weighted by molar-refractivity contribution is -0.142. The predicted molar refractivity (Wildman–Crippen MR) is 97.3 cm³/mol. The van der Waals surface area contributed by atoms with Gasteiger partial charge in [-0.3, -0.25) is 14.4 Å². The van der Waals surface area contributed by atoms with Gasteiger partial charge in [-0.2, -0.15) is 0 Å². The molecule has 0 spiro atoms. The molecule has 1 heterocycles. The molecule has 2 N–H and O–H groups in total. The van der Waals surface area contributed by atoms with E-state index in [1.165, 1.54) is 25.7 Å². The second-order valence-corrected chi connectivity index (χ2v) is 8.64. The average Bonchev–Trinajstić information content (AvgIpc) is 3.24. The Bertz CT molecular complexity index is 536. The van der Waals surface area contributed by atoms with E-state index in [9.17, 15) is 19.5 Å². The summed E-state index contributed by atoms with van der Waals surface area (Å²) in [7, 11) is 0. The van der Waals surface area contributed by atoms with Gasteiger partial charge in [-0.15, -0.1) is 0 Å². The maximum absolute atomic E-state index is 12.7. The van der Waals surface area contributed by atoms with Crippen molar-refractivity contribution in [3.8, 4) is 0 Å². The number of likely N-dealkylation sites (tertiary alicyclic amines) is 1. The summed E-state index contributed by atoms with van der Waals surface area (Å²) in [6.45, 7) is 2.80. The van der Waals surface area contributed by atoms with Crippen molar-refractivity contribution in [2.24, 2.45) is 23.7 Å². The average molecular weight is 364 g/mol. The van der Waals surface area contributed by atoms with E-state index in [0.29, 0.717) is 25.4 Å². The summed E-state index contributed by atoms with van der Waals surface area (Å²) in [5.41, 5.74) is 0. The first kappa shape index (κ1) is 19.2. The standard InChI is InChI=1S/C20H32N2O4/c1-13-11-22(12-17(13)20(25)26)19(24)15-6-8-16(9-7-15)21-18(23)10-14-4-2-3-5-14/h13-17H,2-12H2,1H3,(H,21,23)(H,25,26)/t13-,15?,16?,17-/m1/s1. The third-order valence-electron chi connectivity index (χ3n) is 6.63. The first-order valence-electron chi connectivity index (χ1n) is 10.2. The van der Waals surface area contributed by atoms with Gasteiger partial charge in [0.05, 0.1) is 5.92 Å².